The molecule has 0 aliphatic heterocycles. The Hall–Kier alpha value is -3.54. The summed E-state index contributed by atoms with van der Waals surface area (Å²) in [5, 5.41) is 13.1. The monoisotopic (exact) mass is 467 g/mol. The standard InChI is InChI=1S/C17H12BrF2N5O4/c18-13-7-11(3-6-14(13)20)23-28-21-8-15-17(25-29-24-15)22-16(26)9-27-12-4-1-10(19)2-5-12/h1-8,23H,9H2,(H,22,25,26)/b21-8+. The Morgan fingerprint density at radius 3 is 2.76 bits per heavy atom. The van der Waals surface area contributed by atoms with Gasteiger partial charge in [0.2, 0.25) is 5.82 Å². The largest absolute Gasteiger partial charge is 0.484 e. The predicted octanol–water partition coefficient (Wildman–Crippen LogP) is 3.51. The normalized spacial score (nSPS) is 10.7. The highest BCUT2D eigenvalue weighted by Crippen LogP contribution is 2.20. The summed E-state index contributed by atoms with van der Waals surface area (Å²) >= 11 is 3.04. The molecular formula is C17H12BrF2N5O4. The highest BCUT2D eigenvalue weighted by atomic mass is 79.9. The fourth-order valence-corrected chi connectivity index (χ4v) is 2.31. The molecule has 0 spiro atoms. The lowest BCUT2D eigenvalue weighted by atomic mass is 10.3. The van der Waals surface area contributed by atoms with Gasteiger partial charge >= 0.3 is 0 Å². The number of nitrogens with zero attached hydrogens (tertiary/aromatic N) is 3. The number of amides is 1. The molecule has 0 radical (unpaired) electrons. The maximum Gasteiger partial charge on any atom is 0.263 e. The molecule has 2 aromatic carbocycles. The molecule has 2 N–H and O–H groups in total. The zero-order valence-electron chi connectivity index (χ0n) is 14.4. The van der Waals surface area contributed by atoms with E-state index in [2.05, 4.69) is 46.8 Å². The SMILES string of the molecule is O=C(COc1ccc(F)cc1)Nc1nonc1/C=N/ONc1ccc(F)c(Br)c1. The molecule has 12 heteroatoms. The van der Waals surface area contributed by atoms with E-state index >= 15 is 0 Å². The van der Waals surface area contributed by atoms with Crippen LogP contribution in [-0.4, -0.2) is 29.0 Å². The first-order valence-corrected chi connectivity index (χ1v) is 8.72. The van der Waals surface area contributed by atoms with Gasteiger partial charge in [-0.3, -0.25) is 9.73 Å². The van der Waals surface area contributed by atoms with Gasteiger partial charge in [-0.1, -0.05) is 5.16 Å². The van der Waals surface area contributed by atoms with Crippen LogP contribution in [0.25, 0.3) is 0 Å². The lowest BCUT2D eigenvalue weighted by Crippen LogP contribution is -2.21. The first kappa shape index (κ1) is 20.2. The number of carbonyl (C=O) groups is 1. The highest BCUT2D eigenvalue weighted by molar-refractivity contribution is 9.10. The maximum atomic E-state index is 13.2. The molecule has 0 saturated carbocycles. The smallest absolute Gasteiger partial charge is 0.263 e. The molecule has 29 heavy (non-hydrogen) atoms. The molecule has 0 fully saturated rings. The second-order valence-electron chi connectivity index (χ2n) is 5.35. The molecule has 0 saturated heterocycles. The lowest BCUT2D eigenvalue weighted by Gasteiger charge is -2.05. The van der Waals surface area contributed by atoms with E-state index in [-0.39, 0.29) is 22.6 Å². The Balaban J connectivity index is 1.49. The number of anilines is 2. The maximum absolute atomic E-state index is 13.2. The number of rotatable bonds is 8. The topological polar surface area (TPSA) is 111 Å². The third-order valence-electron chi connectivity index (χ3n) is 3.27. The zero-order chi connectivity index (χ0) is 20.6. The fraction of sp³-hybridized carbons (Fsp3) is 0.0588. The number of oxime groups is 1. The third-order valence-corrected chi connectivity index (χ3v) is 3.87. The Kier molecular flexibility index (Phi) is 6.68. The van der Waals surface area contributed by atoms with E-state index in [1.807, 2.05) is 0 Å². The zero-order valence-corrected chi connectivity index (χ0v) is 16.0. The van der Waals surface area contributed by atoms with E-state index in [9.17, 15) is 13.6 Å². The number of halogens is 3. The molecule has 150 valence electrons. The van der Waals surface area contributed by atoms with Crippen LogP contribution in [0.5, 0.6) is 5.75 Å². The Labute approximate surface area is 170 Å². The summed E-state index contributed by atoms with van der Waals surface area (Å²) in [6.07, 6.45) is 1.14. The summed E-state index contributed by atoms with van der Waals surface area (Å²) in [4.78, 5) is 16.8. The van der Waals surface area contributed by atoms with Crippen LogP contribution in [0.3, 0.4) is 0 Å². The van der Waals surface area contributed by atoms with Crippen LogP contribution in [0.1, 0.15) is 5.69 Å². The molecule has 0 aliphatic rings. The van der Waals surface area contributed by atoms with E-state index in [0.29, 0.717) is 11.4 Å². The van der Waals surface area contributed by atoms with Crippen molar-refractivity contribution in [1.29, 1.82) is 0 Å². The molecule has 0 unspecified atom stereocenters. The number of benzene rings is 2. The van der Waals surface area contributed by atoms with Gasteiger partial charge in [0.25, 0.3) is 5.91 Å². The molecular weight excluding hydrogens is 456 g/mol. The number of ether oxygens (including phenoxy) is 1. The van der Waals surface area contributed by atoms with Crippen molar-refractivity contribution >= 4 is 39.6 Å². The summed E-state index contributed by atoms with van der Waals surface area (Å²) in [6, 6.07) is 9.34. The third kappa shape index (κ3) is 5.97. The number of hydrogen-bond donors (Lipinski definition) is 2. The van der Waals surface area contributed by atoms with Crippen LogP contribution < -0.4 is 15.5 Å². The van der Waals surface area contributed by atoms with E-state index in [4.69, 9.17) is 9.68 Å². The average molecular weight is 468 g/mol. The van der Waals surface area contributed by atoms with Gasteiger partial charge in [0.05, 0.1) is 10.2 Å². The molecule has 9 nitrogen and oxygen atoms in total. The molecule has 1 heterocycles. The minimum absolute atomic E-state index is 0.00502. The first-order chi connectivity index (χ1) is 14.0. The molecule has 3 rings (SSSR count). The number of hydrogen-bond acceptors (Lipinski definition) is 8. The summed E-state index contributed by atoms with van der Waals surface area (Å²) in [5.41, 5.74) is 3.00. The highest BCUT2D eigenvalue weighted by Gasteiger charge is 2.12. The van der Waals surface area contributed by atoms with Gasteiger partial charge in [0.1, 0.15) is 23.6 Å². The predicted molar refractivity (Wildman–Crippen MR) is 101 cm³/mol. The van der Waals surface area contributed by atoms with Crippen LogP contribution in [-0.2, 0) is 9.73 Å². The summed E-state index contributed by atoms with van der Waals surface area (Å²) in [6.45, 7) is -0.341. The average Bonchev–Trinajstić information content (AvgIpc) is 3.14. The number of carbonyl (C=O) groups excluding carboxylic acids is 1. The fourth-order valence-electron chi connectivity index (χ4n) is 1.93. The summed E-state index contributed by atoms with van der Waals surface area (Å²) in [7, 11) is 0. The molecule has 0 aliphatic carbocycles. The van der Waals surface area contributed by atoms with Crippen molar-refractivity contribution in [2.75, 3.05) is 17.4 Å². The van der Waals surface area contributed by atoms with Crippen molar-refractivity contribution in [2.24, 2.45) is 5.16 Å². The van der Waals surface area contributed by atoms with E-state index < -0.39 is 17.5 Å². The van der Waals surface area contributed by atoms with Crippen LogP contribution in [0.15, 0.2) is 56.7 Å². The quantitative estimate of drug-likeness (QED) is 0.385. The number of nitrogens with one attached hydrogen (secondary N) is 2. The van der Waals surface area contributed by atoms with Gasteiger partial charge in [-0.2, -0.15) is 5.48 Å². The number of aromatic nitrogens is 2. The Morgan fingerprint density at radius 1 is 1.21 bits per heavy atom. The van der Waals surface area contributed by atoms with Gasteiger partial charge in [-0.05, 0) is 68.7 Å². The molecule has 1 amide bonds. The minimum atomic E-state index is -0.546. The van der Waals surface area contributed by atoms with Crippen molar-refractivity contribution in [3.63, 3.8) is 0 Å². The molecule has 1 aromatic heterocycles. The minimum Gasteiger partial charge on any atom is -0.484 e. The van der Waals surface area contributed by atoms with Crippen molar-refractivity contribution < 1.29 is 27.9 Å². The summed E-state index contributed by atoms with van der Waals surface area (Å²) in [5.74, 6) is -1.06. The van der Waals surface area contributed by atoms with E-state index in [0.717, 1.165) is 6.21 Å². The van der Waals surface area contributed by atoms with Gasteiger partial charge in [0, 0.05) is 0 Å². The van der Waals surface area contributed by atoms with Crippen LogP contribution in [0.4, 0.5) is 20.3 Å². The van der Waals surface area contributed by atoms with Crippen LogP contribution in [0, 0.1) is 11.6 Å². The lowest BCUT2D eigenvalue weighted by molar-refractivity contribution is -0.118. The Bertz CT molecular complexity index is 1010. The van der Waals surface area contributed by atoms with Crippen LogP contribution in [0.2, 0.25) is 0 Å². The van der Waals surface area contributed by atoms with Crippen molar-refractivity contribution in [3.05, 3.63) is 64.3 Å². The van der Waals surface area contributed by atoms with Gasteiger partial charge in [-0.15, -0.1) is 0 Å². The van der Waals surface area contributed by atoms with Crippen molar-refractivity contribution in [3.8, 4) is 5.75 Å². The molecule has 0 bridgehead atoms. The molecule has 3 aromatic rings. The van der Waals surface area contributed by atoms with Crippen LogP contribution >= 0.6 is 15.9 Å². The first-order valence-electron chi connectivity index (χ1n) is 7.92. The van der Waals surface area contributed by atoms with Crippen molar-refractivity contribution in [1.82, 2.24) is 10.3 Å². The Morgan fingerprint density at radius 2 is 2.00 bits per heavy atom. The van der Waals surface area contributed by atoms with Gasteiger partial charge < -0.3 is 10.1 Å². The van der Waals surface area contributed by atoms with Crippen molar-refractivity contribution in [2.45, 2.75) is 0 Å². The summed E-state index contributed by atoms with van der Waals surface area (Å²) < 4.78 is 36.0. The van der Waals surface area contributed by atoms with Gasteiger partial charge in [-0.25, -0.2) is 13.4 Å². The second kappa shape index (κ2) is 9.59. The van der Waals surface area contributed by atoms with Gasteiger partial charge in [0.15, 0.2) is 12.3 Å². The molecule has 0 atom stereocenters. The van der Waals surface area contributed by atoms with E-state index in [1.54, 1.807) is 0 Å². The van der Waals surface area contributed by atoms with E-state index in [1.165, 1.54) is 42.5 Å². The second-order valence-corrected chi connectivity index (χ2v) is 6.20.